The third kappa shape index (κ3) is 6.37. The summed E-state index contributed by atoms with van der Waals surface area (Å²) in [6.45, 7) is 8.29. The van der Waals surface area contributed by atoms with E-state index in [4.69, 9.17) is 39.6 Å². The van der Waals surface area contributed by atoms with Crippen molar-refractivity contribution in [1.29, 1.82) is 5.41 Å². The zero-order valence-corrected chi connectivity index (χ0v) is 28.4. The van der Waals surface area contributed by atoms with Crippen LogP contribution in [-0.4, -0.2) is 99.1 Å². The molecular formula is C33H44F3N9O4. The number of aromatic nitrogens is 4. The van der Waals surface area contributed by atoms with Gasteiger partial charge in [0.05, 0.1) is 53.5 Å². The van der Waals surface area contributed by atoms with Crippen molar-refractivity contribution in [2.45, 2.75) is 114 Å². The van der Waals surface area contributed by atoms with Crippen molar-refractivity contribution in [3.8, 4) is 0 Å². The van der Waals surface area contributed by atoms with Crippen LogP contribution in [0.4, 0.5) is 36.4 Å². The van der Waals surface area contributed by atoms with Crippen LogP contribution in [0.15, 0.2) is 12.4 Å². The number of hydrogen-bond acceptors (Lipinski definition) is 11. The molecule has 5 aliphatic rings. The maximum Gasteiger partial charge on any atom is 0.411 e. The molecule has 2 saturated carbocycles. The van der Waals surface area contributed by atoms with Crippen molar-refractivity contribution in [2.24, 2.45) is 0 Å². The second-order valence-corrected chi connectivity index (χ2v) is 15.0. The number of nitrogens with one attached hydrogen (secondary N) is 2. The van der Waals surface area contributed by atoms with Gasteiger partial charge in [0, 0.05) is 25.7 Å². The molecule has 16 heteroatoms. The molecule has 49 heavy (non-hydrogen) atoms. The average molecular weight is 688 g/mol. The number of amides is 1. The number of nitrogens with zero attached hydrogens (tertiary/aromatic N) is 7. The van der Waals surface area contributed by atoms with Gasteiger partial charge in [-0.1, -0.05) is 12.8 Å². The van der Waals surface area contributed by atoms with Crippen molar-refractivity contribution in [3.05, 3.63) is 23.8 Å². The molecule has 1 amide bonds. The predicted octanol–water partition coefficient (Wildman–Crippen LogP) is 4.83. The van der Waals surface area contributed by atoms with Gasteiger partial charge in [-0.2, -0.15) is 13.2 Å². The molecule has 0 radical (unpaired) electrons. The van der Waals surface area contributed by atoms with Crippen LogP contribution in [0.2, 0.25) is 0 Å². The number of anilines is 4. The molecule has 2 saturated heterocycles. The number of fused-ring (bicyclic) bond motifs is 2. The number of amidine groups is 1. The fraction of sp³-hybridized carbons (Fsp3) is 0.697. The molecule has 4 fully saturated rings. The van der Waals surface area contributed by atoms with Gasteiger partial charge in [-0.15, -0.1) is 0 Å². The third-order valence-corrected chi connectivity index (χ3v) is 10.1. The molecule has 1 atom stereocenters. The molecular weight excluding hydrogens is 643 g/mol. The van der Waals surface area contributed by atoms with Crippen LogP contribution in [0.3, 0.4) is 0 Å². The van der Waals surface area contributed by atoms with E-state index in [-0.39, 0.29) is 37.5 Å². The quantitative estimate of drug-likeness (QED) is 0.319. The second kappa shape index (κ2) is 12.2. The van der Waals surface area contributed by atoms with Crippen molar-refractivity contribution < 1.29 is 32.2 Å². The van der Waals surface area contributed by atoms with Gasteiger partial charge in [-0.25, -0.2) is 19.9 Å². The summed E-state index contributed by atoms with van der Waals surface area (Å²) in [7, 11) is 0. The van der Waals surface area contributed by atoms with Gasteiger partial charge in [0.15, 0.2) is 18.5 Å². The molecule has 0 aromatic carbocycles. The minimum atomic E-state index is -4.59. The Labute approximate surface area is 283 Å². The Hall–Kier alpha value is -3.79. The Kier molecular flexibility index (Phi) is 8.40. The van der Waals surface area contributed by atoms with Gasteiger partial charge in [-0.3, -0.25) is 15.1 Å². The Bertz CT molecular complexity index is 1580. The zero-order chi connectivity index (χ0) is 34.8. The molecule has 5 heterocycles. The molecule has 2 aliphatic carbocycles. The summed E-state index contributed by atoms with van der Waals surface area (Å²) >= 11 is 0. The molecule has 0 unspecified atom stereocenters. The third-order valence-electron chi connectivity index (χ3n) is 10.1. The van der Waals surface area contributed by atoms with E-state index in [1.54, 1.807) is 17.3 Å². The van der Waals surface area contributed by atoms with Crippen LogP contribution >= 0.6 is 0 Å². The summed E-state index contributed by atoms with van der Waals surface area (Å²) in [6, 6.07) is -2.44. The van der Waals surface area contributed by atoms with Gasteiger partial charge in [0.2, 0.25) is 11.9 Å². The fourth-order valence-corrected chi connectivity index (χ4v) is 7.97. The molecule has 2 N–H and O–H groups in total. The van der Waals surface area contributed by atoms with Crippen LogP contribution in [0.5, 0.6) is 0 Å². The number of hydrogen-bond donors (Lipinski definition) is 2. The molecule has 0 bridgehead atoms. The minimum absolute atomic E-state index is 0.0458. The van der Waals surface area contributed by atoms with Crippen LogP contribution < -0.4 is 15.1 Å². The number of morpholine rings is 2. The van der Waals surface area contributed by atoms with Gasteiger partial charge >= 0.3 is 6.18 Å². The van der Waals surface area contributed by atoms with Crippen molar-refractivity contribution in [3.63, 3.8) is 0 Å². The first-order chi connectivity index (χ1) is 23.2. The smallest absolute Gasteiger partial charge is 0.411 e. The largest absolute Gasteiger partial charge is 0.457 e. The maximum atomic E-state index is 14.5. The normalized spacial score (nSPS) is 24.6. The summed E-state index contributed by atoms with van der Waals surface area (Å²) in [5.41, 5.74) is -0.453. The lowest BCUT2D eigenvalue weighted by atomic mass is 9.80. The van der Waals surface area contributed by atoms with E-state index in [2.05, 4.69) is 10.2 Å². The van der Waals surface area contributed by atoms with E-state index in [1.165, 1.54) is 0 Å². The van der Waals surface area contributed by atoms with Gasteiger partial charge in [0.25, 0.3) is 6.02 Å². The number of carbonyl (C=O) groups excluding carboxylic acids is 1. The Morgan fingerprint density at radius 2 is 1.73 bits per heavy atom. The number of ether oxygens (including phenoxy) is 3. The number of alkyl halides is 3. The molecule has 1 spiro atoms. The maximum absolute atomic E-state index is 14.5. The van der Waals surface area contributed by atoms with Crippen LogP contribution in [0.1, 0.15) is 84.0 Å². The molecule has 266 valence electrons. The topological polar surface area (TPSA) is 142 Å². The predicted molar refractivity (Wildman–Crippen MR) is 174 cm³/mol. The summed E-state index contributed by atoms with van der Waals surface area (Å²) in [4.78, 5) is 38.0. The lowest BCUT2D eigenvalue weighted by molar-refractivity contribution is -0.202. The number of carbonyl (C=O) groups is 1. The lowest BCUT2D eigenvalue weighted by Crippen LogP contribution is -2.57. The van der Waals surface area contributed by atoms with Crippen molar-refractivity contribution in [1.82, 2.24) is 24.8 Å². The average Bonchev–Trinajstić information content (AvgIpc) is 3.59. The van der Waals surface area contributed by atoms with Crippen LogP contribution in [-0.2, 0) is 31.0 Å². The van der Waals surface area contributed by atoms with E-state index in [0.29, 0.717) is 49.2 Å². The highest BCUT2D eigenvalue weighted by molar-refractivity contribution is 6.13. The SMILES string of the molecule is CC1(C)CN(c2ncc(N3C(=O)C4(CCCC4)c4c(NC5CCC5)nc(COC(=N)N5CCOC[C@@H]5C(F)(F)F)nc43)cn2)CC(C)(C)O1. The van der Waals surface area contributed by atoms with Gasteiger partial charge in [-0.05, 0) is 59.8 Å². The Balaban J connectivity index is 1.22. The minimum Gasteiger partial charge on any atom is -0.457 e. The van der Waals surface area contributed by atoms with Gasteiger partial charge < -0.3 is 29.3 Å². The first-order valence-corrected chi connectivity index (χ1v) is 17.1. The van der Waals surface area contributed by atoms with Crippen LogP contribution in [0.25, 0.3) is 0 Å². The molecule has 2 aromatic heterocycles. The summed E-state index contributed by atoms with van der Waals surface area (Å²) in [5, 5.41) is 11.9. The van der Waals surface area contributed by atoms with Crippen LogP contribution in [0, 0.1) is 5.41 Å². The molecule has 7 rings (SSSR count). The zero-order valence-electron chi connectivity index (χ0n) is 28.4. The second-order valence-electron chi connectivity index (χ2n) is 15.0. The highest BCUT2D eigenvalue weighted by atomic mass is 19.4. The monoisotopic (exact) mass is 687 g/mol. The lowest BCUT2D eigenvalue weighted by Gasteiger charge is -2.47. The summed E-state index contributed by atoms with van der Waals surface area (Å²) in [5.74, 6) is 1.47. The Morgan fingerprint density at radius 1 is 1.06 bits per heavy atom. The Morgan fingerprint density at radius 3 is 2.35 bits per heavy atom. The first kappa shape index (κ1) is 33.7. The van der Waals surface area contributed by atoms with E-state index in [9.17, 15) is 18.0 Å². The van der Waals surface area contributed by atoms with Gasteiger partial charge in [0.1, 0.15) is 11.6 Å². The summed E-state index contributed by atoms with van der Waals surface area (Å²) in [6.07, 6.45) is 4.71. The van der Waals surface area contributed by atoms with E-state index in [1.807, 2.05) is 27.7 Å². The fourth-order valence-electron chi connectivity index (χ4n) is 7.97. The molecule has 13 nitrogen and oxygen atoms in total. The summed E-state index contributed by atoms with van der Waals surface area (Å²) < 4.78 is 58.0. The first-order valence-electron chi connectivity index (χ1n) is 17.1. The van der Waals surface area contributed by atoms with Crippen molar-refractivity contribution >= 4 is 35.2 Å². The number of rotatable bonds is 6. The number of halogens is 3. The van der Waals surface area contributed by atoms with E-state index in [0.717, 1.165) is 42.6 Å². The van der Waals surface area contributed by atoms with Crippen molar-refractivity contribution in [2.75, 3.05) is 48.0 Å². The van der Waals surface area contributed by atoms with E-state index < -0.39 is 41.5 Å². The standard InChI is InChI=1S/C33H44F3N9O4/c1-30(2)18-43(19-31(3,4)49-30)29-38-14-21(15-39-29)45-26-24(32(27(45)46)10-5-6-11-32)25(40-20-8-7-9-20)41-23(42-26)17-48-28(37)44-12-13-47-16-22(44)33(34,35)36/h14-15,20,22,37H,5-13,16-19H2,1-4H3,(H,40,41,42)/t22-/m1/s1. The molecule has 2 aromatic rings. The molecule has 3 aliphatic heterocycles. The highest BCUT2D eigenvalue weighted by Gasteiger charge is 2.56. The highest BCUT2D eigenvalue weighted by Crippen LogP contribution is 2.55. The van der Waals surface area contributed by atoms with E-state index >= 15 is 0 Å².